The van der Waals surface area contributed by atoms with E-state index in [2.05, 4.69) is 20.1 Å². The molecule has 7 heteroatoms. The van der Waals surface area contributed by atoms with Gasteiger partial charge in [0.2, 0.25) is 0 Å². The van der Waals surface area contributed by atoms with Gasteiger partial charge in [-0.05, 0) is 19.1 Å². The van der Waals surface area contributed by atoms with Gasteiger partial charge in [-0.25, -0.2) is 15.0 Å². The third-order valence-corrected chi connectivity index (χ3v) is 3.26. The number of halogens is 1. The van der Waals surface area contributed by atoms with Gasteiger partial charge in [0.1, 0.15) is 11.3 Å². The summed E-state index contributed by atoms with van der Waals surface area (Å²) in [6.07, 6.45) is 2.27. The molecule has 0 fully saturated rings. The first-order valence-corrected chi connectivity index (χ1v) is 7.09. The zero-order valence-corrected chi connectivity index (χ0v) is 12.5. The first-order valence-electron chi connectivity index (χ1n) is 6.55. The molecule has 0 saturated carbocycles. The van der Waals surface area contributed by atoms with Crippen LogP contribution in [-0.2, 0) is 6.42 Å². The van der Waals surface area contributed by atoms with E-state index in [1.807, 2.05) is 25.1 Å². The van der Waals surface area contributed by atoms with Gasteiger partial charge in [-0.2, -0.15) is 4.52 Å². The Morgan fingerprint density at radius 3 is 2.95 bits per heavy atom. The molecule has 6 nitrogen and oxygen atoms in total. The second-order valence-corrected chi connectivity index (χ2v) is 4.74. The molecule has 3 rings (SSSR count). The Hall–Kier alpha value is -2.21. The Bertz CT molecular complexity index is 827. The minimum Gasteiger partial charge on any atom is -0.494 e. The fourth-order valence-corrected chi connectivity index (χ4v) is 2.36. The van der Waals surface area contributed by atoms with E-state index < -0.39 is 0 Å². The zero-order valence-electron chi connectivity index (χ0n) is 11.7. The van der Waals surface area contributed by atoms with Gasteiger partial charge in [-0.15, -0.1) is 16.7 Å². The number of hydrogen-bond acceptors (Lipinski definition) is 5. The number of aryl methyl sites for hydroxylation is 1. The number of para-hydroxylation sites is 1. The van der Waals surface area contributed by atoms with Gasteiger partial charge >= 0.3 is 0 Å². The van der Waals surface area contributed by atoms with Crippen LogP contribution >= 0.6 is 11.6 Å². The fourth-order valence-electron chi connectivity index (χ4n) is 2.19. The summed E-state index contributed by atoms with van der Waals surface area (Å²) >= 11 is 5.78. The van der Waals surface area contributed by atoms with E-state index in [0.717, 1.165) is 10.9 Å². The lowest BCUT2D eigenvalue weighted by Crippen LogP contribution is -1.97. The maximum atomic E-state index is 5.78. The van der Waals surface area contributed by atoms with Crippen LogP contribution in [0, 0.1) is 0 Å². The molecule has 0 amide bonds. The van der Waals surface area contributed by atoms with Gasteiger partial charge in [-0.1, -0.05) is 6.07 Å². The molecular formula is C14H14ClN5O. The minimum atomic E-state index is 0.470. The first kappa shape index (κ1) is 13.8. The summed E-state index contributed by atoms with van der Waals surface area (Å²) in [5.41, 5.74) is 1.43. The Morgan fingerprint density at radius 2 is 2.24 bits per heavy atom. The SMILES string of the molecule is C/C=N\c1nc2c(OC)cccc2c2nc(CCCl)nn12. The number of nitrogens with zero attached hydrogens (tertiary/aromatic N) is 5. The number of benzene rings is 1. The largest absolute Gasteiger partial charge is 0.494 e. The van der Waals surface area contributed by atoms with Crippen molar-refractivity contribution in [2.45, 2.75) is 13.3 Å². The molecule has 0 radical (unpaired) electrons. The zero-order chi connectivity index (χ0) is 14.8. The van der Waals surface area contributed by atoms with Crippen LogP contribution < -0.4 is 4.74 Å². The molecule has 0 aliphatic heterocycles. The molecule has 2 heterocycles. The molecule has 0 aliphatic rings. The van der Waals surface area contributed by atoms with Gasteiger partial charge in [0, 0.05) is 23.9 Å². The molecule has 0 N–H and O–H groups in total. The highest BCUT2D eigenvalue weighted by Gasteiger charge is 2.14. The molecule has 0 unspecified atom stereocenters. The summed E-state index contributed by atoms with van der Waals surface area (Å²) < 4.78 is 7.01. The van der Waals surface area contributed by atoms with Gasteiger partial charge in [-0.3, -0.25) is 0 Å². The number of ether oxygens (including phenoxy) is 1. The van der Waals surface area contributed by atoms with E-state index in [0.29, 0.717) is 35.5 Å². The molecule has 21 heavy (non-hydrogen) atoms. The van der Waals surface area contributed by atoms with Crippen molar-refractivity contribution in [1.29, 1.82) is 0 Å². The fraction of sp³-hybridized carbons (Fsp3) is 0.286. The summed E-state index contributed by atoms with van der Waals surface area (Å²) in [5.74, 6) is 2.30. The smallest absolute Gasteiger partial charge is 0.252 e. The third-order valence-electron chi connectivity index (χ3n) is 3.07. The van der Waals surface area contributed by atoms with Crippen molar-refractivity contribution in [1.82, 2.24) is 19.6 Å². The summed E-state index contributed by atoms with van der Waals surface area (Å²) in [7, 11) is 1.62. The third kappa shape index (κ3) is 2.31. The number of fused-ring (bicyclic) bond motifs is 3. The standard InChI is InChI=1S/C14H14ClN5O/c1-3-16-14-18-12-9(5-4-6-10(12)21-2)13-17-11(7-8-15)19-20(13)14/h3-6H,7-8H2,1-2H3/b16-3-. The molecular weight excluding hydrogens is 290 g/mol. The van der Waals surface area contributed by atoms with E-state index in [9.17, 15) is 0 Å². The maximum absolute atomic E-state index is 5.78. The predicted molar refractivity (Wildman–Crippen MR) is 83.1 cm³/mol. The van der Waals surface area contributed by atoms with Crippen molar-refractivity contribution < 1.29 is 4.74 Å². The molecule has 0 atom stereocenters. The van der Waals surface area contributed by atoms with Gasteiger partial charge in [0.05, 0.1) is 7.11 Å². The average molecular weight is 304 g/mol. The number of methoxy groups -OCH3 is 1. The minimum absolute atomic E-state index is 0.470. The Balaban J connectivity index is 2.41. The predicted octanol–water partition coefficient (Wildman–Crippen LogP) is 2.79. The number of aromatic nitrogens is 4. The van der Waals surface area contributed by atoms with E-state index in [-0.39, 0.29) is 0 Å². The molecule has 0 spiro atoms. The molecule has 2 aromatic heterocycles. The van der Waals surface area contributed by atoms with E-state index in [1.54, 1.807) is 17.8 Å². The van der Waals surface area contributed by atoms with Gasteiger partial charge in [0.15, 0.2) is 11.5 Å². The number of rotatable bonds is 4. The topological polar surface area (TPSA) is 64.7 Å². The van der Waals surface area contributed by atoms with Crippen LogP contribution in [0.2, 0.25) is 0 Å². The second kappa shape index (κ2) is 5.65. The van der Waals surface area contributed by atoms with Crippen LogP contribution in [-0.4, -0.2) is 38.8 Å². The highest BCUT2D eigenvalue weighted by atomic mass is 35.5. The first-order chi connectivity index (χ1) is 10.3. The Morgan fingerprint density at radius 1 is 1.38 bits per heavy atom. The Kier molecular flexibility index (Phi) is 3.70. The summed E-state index contributed by atoms with van der Waals surface area (Å²) in [5, 5.41) is 5.30. The second-order valence-electron chi connectivity index (χ2n) is 4.36. The molecule has 0 saturated heterocycles. The molecule has 3 aromatic rings. The van der Waals surface area contributed by atoms with E-state index in [4.69, 9.17) is 16.3 Å². The van der Waals surface area contributed by atoms with Crippen molar-refractivity contribution in [3.8, 4) is 5.75 Å². The van der Waals surface area contributed by atoms with Crippen LogP contribution in [0.15, 0.2) is 23.2 Å². The summed E-state index contributed by atoms with van der Waals surface area (Å²) in [6, 6.07) is 5.71. The highest BCUT2D eigenvalue weighted by Crippen LogP contribution is 2.28. The lowest BCUT2D eigenvalue weighted by molar-refractivity contribution is 0.419. The lowest BCUT2D eigenvalue weighted by Gasteiger charge is -2.06. The molecule has 1 aromatic carbocycles. The van der Waals surface area contributed by atoms with Crippen molar-refractivity contribution >= 4 is 40.3 Å². The van der Waals surface area contributed by atoms with Crippen molar-refractivity contribution in [2.24, 2.45) is 4.99 Å². The normalized spacial score (nSPS) is 11.8. The van der Waals surface area contributed by atoms with Crippen molar-refractivity contribution in [3.63, 3.8) is 0 Å². The van der Waals surface area contributed by atoms with Crippen LogP contribution in [0.25, 0.3) is 16.6 Å². The van der Waals surface area contributed by atoms with Crippen LogP contribution in [0.1, 0.15) is 12.7 Å². The summed E-state index contributed by atoms with van der Waals surface area (Å²) in [6.45, 7) is 1.83. The monoisotopic (exact) mass is 303 g/mol. The number of aliphatic imine (C=N–C) groups is 1. The maximum Gasteiger partial charge on any atom is 0.252 e. The highest BCUT2D eigenvalue weighted by molar-refractivity contribution is 6.17. The van der Waals surface area contributed by atoms with E-state index in [1.165, 1.54) is 0 Å². The lowest BCUT2D eigenvalue weighted by atomic mass is 10.2. The number of alkyl halides is 1. The van der Waals surface area contributed by atoms with Crippen LogP contribution in [0.3, 0.4) is 0 Å². The van der Waals surface area contributed by atoms with Crippen molar-refractivity contribution in [3.05, 3.63) is 24.0 Å². The van der Waals surface area contributed by atoms with E-state index >= 15 is 0 Å². The molecule has 108 valence electrons. The van der Waals surface area contributed by atoms with Gasteiger partial charge < -0.3 is 4.74 Å². The number of hydrogen-bond donors (Lipinski definition) is 0. The average Bonchev–Trinajstić information content (AvgIpc) is 2.92. The Labute approximate surface area is 126 Å². The van der Waals surface area contributed by atoms with Crippen LogP contribution in [0.5, 0.6) is 5.75 Å². The summed E-state index contributed by atoms with van der Waals surface area (Å²) in [4.78, 5) is 13.4. The molecule has 0 bridgehead atoms. The van der Waals surface area contributed by atoms with Gasteiger partial charge in [0.25, 0.3) is 5.95 Å². The van der Waals surface area contributed by atoms with Crippen molar-refractivity contribution in [2.75, 3.05) is 13.0 Å². The van der Waals surface area contributed by atoms with Crippen LogP contribution in [0.4, 0.5) is 5.95 Å². The molecule has 0 aliphatic carbocycles. The quantitative estimate of drug-likeness (QED) is 0.549.